The van der Waals surface area contributed by atoms with Gasteiger partial charge in [-0.3, -0.25) is 0 Å². The highest BCUT2D eigenvalue weighted by molar-refractivity contribution is 7.99. The molecule has 42 heavy (non-hydrogen) atoms. The lowest BCUT2D eigenvalue weighted by Crippen LogP contribution is -2.31. The van der Waals surface area contributed by atoms with Gasteiger partial charge in [-0.2, -0.15) is 0 Å². The monoisotopic (exact) mass is 652 g/mol. The molecule has 0 fully saturated rings. The fraction of sp³-hybridized carbons (Fsp3) is 0.0667. The van der Waals surface area contributed by atoms with E-state index in [1.54, 1.807) is 23.9 Å². The predicted molar refractivity (Wildman–Crippen MR) is 179 cm³/mol. The summed E-state index contributed by atoms with van der Waals surface area (Å²) in [7, 11) is -1.36. The van der Waals surface area contributed by atoms with E-state index in [2.05, 4.69) is 38.3 Å². The summed E-state index contributed by atoms with van der Waals surface area (Å²) in [5.41, 5.74) is 4.19. The molecule has 0 unspecified atom stereocenters. The number of halogens is 3. The Balaban J connectivity index is 0.000000153. The van der Waals surface area contributed by atoms with Crippen LogP contribution in [0.15, 0.2) is 107 Å². The number of para-hydroxylation sites is 2. The van der Waals surface area contributed by atoms with Crippen LogP contribution in [0.25, 0.3) is 33.1 Å². The lowest BCUT2D eigenvalue weighted by atomic mass is 9.80. The first kappa shape index (κ1) is 32.0. The second kappa shape index (κ2) is 15.5. The fourth-order valence-corrected chi connectivity index (χ4v) is 5.84. The van der Waals surface area contributed by atoms with Gasteiger partial charge >= 0.3 is 7.12 Å². The molecule has 0 bridgehead atoms. The number of rotatable bonds is 4. The van der Waals surface area contributed by atoms with Crippen LogP contribution in [0.4, 0.5) is 0 Å². The fourth-order valence-electron chi connectivity index (χ4n) is 3.98. The minimum Gasteiger partial charge on any atom is -0.423 e. The van der Waals surface area contributed by atoms with E-state index in [1.165, 1.54) is 16.7 Å². The third kappa shape index (κ3) is 8.14. The summed E-state index contributed by atoms with van der Waals surface area (Å²) >= 11 is 20.7. The average Bonchev–Trinajstić information content (AvgIpc) is 3.01. The van der Waals surface area contributed by atoms with E-state index in [0.29, 0.717) is 10.6 Å². The van der Waals surface area contributed by atoms with Crippen molar-refractivity contribution in [2.75, 3.05) is 12.5 Å². The van der Waals surface area contributed by atoms with Crippen molar-refractivity contribution in [1.82, 2.24) is 19.9 Å². The van der Waals surface area contributed by atoms with E-state index in [0.717, 1.165) is 38.0 Å². The third-order valence-corrected chi connectivity index (χ3v) is 8.12. The molecule has 2 heterocycles. The molecule has 212 valence electrons. The van der Waals surface area contributed by atoms with Gasteiger partial charge in [-0.25, -0.2) is 19.9 Å². The average molecular weight is 654 g/mol. The van der Waals surface area contributed by atoms with Gasteiger partial charge in [-0.15, -0.1) is 23.5 Å². The first-order valence-electron chi connectivity index (χ1n) is 12.4. The molecular weight excluding hydrogens is 630 g/mol. The summed E-state index contributed by atoms with van der Waals surface area (Å²) in [5.74, 6) is 0. The zero-order valence-corrected chi connectivity index (χ0v) is 26.3. The minimum absolute atomic E-state index is 0.179. The SMILES string of the molecule is CSc1ccccc1-c1nc(Cl)nc2ccccc12.CSc1ccccc1B(O)O.Clc1nc(Cl)c2ccccc2n1. The van der Waals surface area contributed by atoms with Crippen molar-refractivity contribution in [3.05, 3.63) is 113 Å². The van der Waals surface area contributed by atoms with Gasteiger partial charge in [0.25, 0.3) is 0 Å². The van der Waals surface area contributed by atoms with Crippen molar-refractivity contribution >= 4 is 92.7 Å². The van der Waals surface area contributed by atoms with Crippen molar-refractivity contribution in [3.8, 4) is 11.3 Å². The molecule has 0 spiro atoms. The van der Waals surface area contributed by atoms with E-state index in [4.69, 9.17) is 44.9 Å². The molecule has 2 N–H and O–H groups in total. The van der Waals surface area contributed by atoms with Crippen LogP contribution in [-0.2, 0) is 0 Å². The van der Waals surface area contributed by atoms with Gasteiger partial charge in [0.2, 0.25) is 10.6 Å². The van der Waals surface area contributed by atoms with Crippen molar-refractivity contribution in [3.63, 3.8) is 0 Å². The number of benzene rings is 4. The van der Waals surface area contributed by atoms with Crippen molar-refractivity contribution < 1.29 is 10.0 Å². The van der Waals surface area contributed by atoms with Gasteiger partial charge in [0, 0.05) is 26.1 Å². The van der Waals surface area contributed by atoms with E-state index >= 15 is 0 Å². The molecule has 0 saturated heterocycles. The molecule has 2 aromatic heterocycles. The maximum absolute atomic E-state index is 8.88. The van der Waals surface area contributed by atoms with E-state index in [-0.39, 0.29) is 10.6 Å². The van der Waals surface area contributed by atoms with Gasteiger partial charge in [-0.05, 0) is 71.5 Å². The Morgan fingerprint density at radius 1 is 0.571 bits per heavy atom. The number of hydrogen-bond acceptors (Lipinski definition) is 8. The highest BCUT2D eigenvalue weighted by Crippen LogP contribution is 2.33. The van der Waals surface area contributed by atoms with Gasteiger partial charge in [0.05, 0.1) is 16.7 Å². The van der Waals surface area contributed by atoms with Crippen molar-refractivity contribution in [2.45, 2.75) is 9.79 Å². The van der Waals surface area contributed by atoms with Crippen LogP contribution in [0, 0.1) is 0 Å². The minimum atomic E-state index is -1.36. The Labute approximate surface area is 267 Å². The molecule has 0 aliphatic heterocycles. The number of hydrogen-bond donors (Lipinski definition) is 2. The van der Waals surface area contributed by atoms with Crippen LogP contribution < -0.4 is 5.46 Å². The summed E-state index contributed by atoms with van der Waals surface area (Å²) in [6.45, 7) is 0. The second-order valence-corrected chi connectivity index (χ2v) is 11.2. The zero-order valence-electron chi connectivity index (χ0n) is 22.4. The second-order valence-electron chi connectivity index (χ2n) is 8.47. The van der Waals surface area contributed by atoms with Crippen LogP contribution in [0.3, 0.4) is 0 Å². The first-order chi connectivity index (χ1) is 20.3. The van der Waals surface area contributed by atoms with Crippen LogP contribution in [0.2, 0.25) is 15.7 Å². The molecule has 0 amide bonds. The molecule has 12 heteroatoms. The molecule has 4 aromatic carbocycles. The van der Waals surface area contributed by atoms with E-state index < -0.39 is 7.12 Å². The number of aromatic nitrogens is 4. The lowest BCUT2D eigenvalue weighted by Gasteiger charge is -2.09. The maximum atomic E-state index is 8.88. The summed E-state index contributed by atoms with van der Waals surface area (Å²) in [4.78, 5) is 18.6. The summed E-state index contributed by atoms with van der Waals surface area (Å²) < 4.78 is 0. The van der Waals surface area contributed by atoms with E-state index in [9.17, 15) is 0 Å². The highest BCUT2D eigenvalue weighted by Gasteiger charge is 2.14. The number of thioether (sulfide) groups is 2. The van der Waals surface area contributed by atoms with E-state index in [1.807, 2.05) is 79.1 Å². The molecule has 6 nitrogen and oxygen atoms in total. The van der Waals surface area contributed by atoms with Crippen LogP contribution in [-0.4, -0.2) is 49.6 Å². The first-order valence-corrected chi connectivity index (χ1v) is 16.0. The van der Waals surface area contributed by atoms with Gasteiger partial charge in [0.15, 0.2) is 0 Å². The van der Waals surface area contributed by atoms with Crippen molar-refractivity contribution in [1.29, 1.82) is 0 Å². The molecule has 6 aromatic rings. The Morgan fingerprint density at radius 2 is 1.07 bits per heavy atom. The Hall–Kier alpha value is -2.89. The topological polar surface area (TPSA) is 92.0 Å². The smallest absolute Gasteiger partial charge is 0.423 e. The molecular formula is C30H24BCl3N4O2S2. The molecule has 0 radical (unpaired) electrons. The number of fused-ring (bicyclic) bond motifs is 2. The molecule has 0 saturated carbocycles. The summed E-state index contributed by atoms with van der Waals surface area (Å²) in [5, 5.41) is 20.5. The Kier molecular flexibility index (Phi) is 11.9. The largest absolute Gasteiger partial charge is 0.489 e. The molecule has 6 rings (SSSR count). The summed E-state index contributed by atoms with van der Waals surface area (Å²) in [6, 6.07) is 30.8. The quantitative estimate of drug-likeness (QED) is 0.0866. The zero-order chi connectivity index (χ0) is 30.1. The van der Waals surface area contributed by atoms with Crippen molar-refractivity contribution in [2.24, 2.45) is 0 Å². The maximum Gasteiger partial charge on any atom is 0.489 e. The van der Waals surface area contributed by atoms with Gasteiger partial charge in [0.1, 0.15) is 5.15 Å². The summed E-state index contributed by atoms with van der Waals surface area (Å²) in [6.07, 6.45) is 3.96. The number of nitrogens with zero attached hydrogens (tertiary/aromatic N) is 4. The van der Waals surface area contributed by atoms with Crippen LogP contribution in [0.5, 0.6) is 0 Å². The molecule has 0 aliphatic rings. The Morgan fingerprint density at radius 3 is 1.69 bits per heavy atom. The van der Waals surface area contributed by atoms with Crippen LogP contribution >= 0.6 is 58.3 Å². The highest BCUT2D eigenvalue weighted by atomic mass is 35.5. The van der Waals surface area contributed by atoms with Crippen LogP contribution in [0.1, 0.15) is 0 Å². The predicted octanol–water partition coefficient (Wildman–Crippen LogP) is 7.70. The molecule has 0 aliphatic carbocycles. The normalized spacial score (nSPS) is 10.5. The van der Waals surface area contributed by atoms with Gasteiger partial charge < -0.3 is 10.0 Å². The van der Waals surface area contributed by atoms with Gasteiger partial charge in [-0.1, -0.05) is 78.3 Å². The lowest BCUT2D eigenvalue weighted by molar-refractivity contribution is 0.425. The third-order valence-electron chi connectivity index (χ3n) is 5.88. The standard InChI is InChI=1S/C15H11ClN2S.C8H4Cl2N2.C7H9BO2S/c1-19-13-9-5-3-7-11(13)14-10-6-2-4-8-12(10)17-15(16)18-14;9-7-5-3-1-2-4-6(5)11-8(10)12-7;1-11-7-5-3-2-4-6(7)8(9)10/h2-9H,1H3;1-4H;2-5,9-10H,1H3. The molecule has 0 atom stereocenters. The Bertz CT molecular complexity index is 1810.